The maximum atomic E-state index is 12.0. The summed E-state index contributed by atoms with van der Waals surface area (Å²) in [6.07, 6.45) is 0.387. The summed E-state index contributed by atoms with van der Waals surface area (Å²) in [5.41, 5.74) is 5.85. The summed E-state index contributed by atoms with van der Waals surface area (Å²) < 4.78 is 25.3. The predicted molar refractivity (Wildman–Crippen MR) is 67.4 cm³/mol. The third kappa shape index (κ3) is 3.32. The van der Waals surface area contributed by atoms with Crippen molar-refractivity contribution in [2.45, 2.75) is 11.3 Å². The van der Waals surface area contributed by atoms with E-state index in [1.54, 1.807) is 0 Å². The van der Waals surface area contributed by atoms with Crippen LogP contribution < -0.4 is 5.73 Å². The van der Waals surface area contributed by atoms with Gasteiger partial charge in [0.15, 0.2) is 0 Å². The Morgan fingerprint density at radius 3 is 2.65 bits per heavy atom. The van der Waals surface area contributed by atoms with E-state index < -0.39 is 10.0 Å². The Morgan fingerprint density at radius 2 is 2.12 bits per heavy atom. The van der Waals surface area contributed by atoms with Crippen LogP contribution in [0.25, 0.3) is 0 Å². The van der Waals surface area contributed by atoms with E-state index in [4.69, 9.17) is 22.4 Å². The Balaban J connectivity index is 3.00. The highest BCUT2D eigenvalue weighted by atomic mass is 35.5. The van der Waals surface area contributed by atoms with E-state index in [9.17, 15) is 8.42 Å². The Labute approximate surface area is 106 Å². The largest absolute Gasteiger partial charge is 0.398 e. The van der Waals surface area contributed by atoms with Crippen LogP contribution in [-0.4, -0.2) is 38.0 Å². The molecule has 3 N–H and O–H groups in total. The Bertz CT molecular complexity index is 490. The average molecular weight is 279 g/mol. The van der Waals surface area contributed by atoms with Gasteiger partial charge in [-0.2, -0.15) is 0 Å². The van der Waals surface area contributed by atoms with Crippen LogP contribution in [0.2, 0.25) is 5.02 Å². The fraction of sp³-hybridized carbons (Fsp3) is 0.400. The second kappa shape index (κ2) is 5.68. The number of aliphatic hydroxyl groups excluding tert-OH is 1. The van der Waals surface area contributed by atoms with E-state index >= 15 is 0 Å². The molecule has 0 saturated carbocycles. The maximum Gasteiger partial charge on any atom is 0.242 e. The average Bonchev–Trinajstić information content (AvgIpc) is 2.29. The van der Waals surface area contributed by atoms with Gasteiger partial charge in [0.1, 0.15) is 0 Å². The molecule has 1 rings (SSSR count). The first-order chi connectivity index (χ1) is 7.89. The lowest BCUT2D eigenvalue weighted by Gasteiger charge is -2.16. The topological polar surface area (TPSA) is 83.6 Å². The highest BCUT2D eigenvalue weighted by Gasteiger charge is 2.20. The number of hydrogen-bond donors (Lipinski definition) is 2. The van der Waals surface area contributed by atoms with Crippen molar-refractivity contribution in [3.05, 3.63) is 23.2 Å². The second-order valence-corrected chi connectivity index (χ2v) is 6.04. The normalized spacial score (nSPS) is 12.0. The molecule has 0 radical (unpaired) electrons. The van der Waals surface area contributed by atoms with Gasteiger partial charge < -0.3 is 10.8 Å². The number of hydrogen-bond acceptors (Lipinski definition) is 4. The van der Waals surface area contributed by atoms with Crippen LogP contribution >= 0.6 is 11.6 Å². The molecule has 1 aromatic rings. The van der Waals surface area contributed by atoms with Gasteiger partial charge in [-0.25, -0.2) is 12.7 Å². The highest BCUT2D eigenvalue weighted by Crippen LogP contribution is 2.24. The smallest absolute Gasteiger partial charge is 0.242 e. The molecule has 0 saturated heterocycles. The second-order valence-electron chi connectivity index (χ2n) is 3.59. The van der Waals surface area contributed by atoms with Crippen molar-refractivity contribution < 1.29 is 13.5 Å². The number of halogens is 1. The number of rotatable bonds is 5. The zero-order valence-electron chi connectivity index (χ0n) is 9.43. The molecule has 0 unspecified atom stereocenters. The van der Waals surface area contributed by atoms with Gasteiger partial charge in [-0.1, -0.05) is 11.6 Å². The summed E-state index contributed by atoms with van der Waals surface area (Å²) in [6, 6.07) is 4.18. The first kappa shape index (κ1) is 14.2. The minimum Gasteiger partial charge on any atom is -0.398 e. The number of aliphatic hydroxyl groups is 1. The summed E-state index contributed by atoms with van der Waals surface area (Å²) in [6.45, 7) is 0.198. The molecular formula is C10H15ClN2O3S. The first-order valence-electron chi connectivity index (χ1n) is 5.02. The quantitative estimate of drug-likeness (QED) is 0.785. The molecule has 17 heavy (non-hydrogen) atoms. The minimum atomic E-state index is -3.57. The molecular weight excluding hydrogens is 264 g/mol. The van der Waals surface area contributed by atoms with Crippen LogP contribution in [0.4, 0.5) is 5.69 Å². The van der Waals surface area contributed by atoms with E-state index in [1.807, 2.05) is 0 Å². The van der Waals surface area contributed by atoms with Crippen LogP contribution in [-0.2, 0) is 10.0 Å². The van der Waals surface area contributed by atoms with Crippen molar-refractivity contribution in [2.24, 2.45) is 0 Å². The lowest BCUT2D eigenvalue weighted by atomic mass is 10.3. The standard InChI is InChI=1S/C10H15ClN2O3S/c1-13(5-2-6-14)17(15,16)8-3-4-10(12)9(11)7-8/h3-4,7,14H,2,5-6,12H2,1H3. The van der Waals surface area contributed by atoms with Gasteiger partial charge in [0, 0.05) is 20.2 Å². The molecule has 0 spiro atoms. The van der Waals surface area contributed by atoms with E-state index in [0.29, 0.717) is 12.1 Å². The van der Waals surface area contributed by atoms with Crippen LogP contribution in [0, 0.1) is 0 Å². The Kier molecular flexibility index (Phi) is 4.76. The molecule has 0 aliphatic rings. The van der Waals surface area contributed by atoms with Gasteiger partial charge in [-0.05, 0) is 24.6 Å². The van der Waals surface area contributed by atoms with Gasteiger partial charge in [0.2, 0.25) is 10.0 Å². The lowest BCUT2D eigenvalue weighted by molar-refractivity contribution is 0.275. The predicted octanol–water partition coefficient (Wildman–Crippen LogP) is 0.925. The summed E-state index contributed by atoms with van der Waals surface area (Å²) >= 11 is 5.78. The molecule has 0 amide bonds. The molecule has 0 bridgehead atoms. The molecule has 0 aromatic heterocycles. The van der Waals surface area contributed by atoms with Gasteiger partial charge in [-0.15, -0.1) is 0 Å². The molecule has 0 aliphatic heterocycles. The van der Waals surface area contributed by atoms with E-state index in [-0.39, 0.29) is 23.1 Å². The molecule has 0 fully saturated rings. The third-order valence-corrected chi connectivity index (χ3v) is 4.49. The number of benzene rings is 1. The van der Waals surface area contributed by atoms with Gasteiger partial charge >= 0.3 is 0 Å². The number of nitrogen functional groups attached to an aromatic ring is 1. The maximum absolute atomic E-state index is 12.0. The zero-order valence-corrected chi connectivity index (χ0v) is 11.0. The minimum absolute atomic E-state index is 0.0532. The van der Waals surface area contributed by atoms with Crippen molar-refractivity contribution in [1.82, 2.24) is 4.31 Å². The molecule has 96 valence electrons. The van der Waals surface area contributed by atoms with Gasteiger partial charge in [0.25, 0.3) is 0 Å². The van der Waals surface area contributed by atoms with Gasteiger partial charge in [0.05, 0.1) is 15.6 Å². The SMILES string of the molecule is CN(CCCO)S(=O)(=O)c1ccc(N)c(Cl)c1. The molecule has 0 atom stereocenters. The van der Waals surface area contributed by atoms with Crippen molar-refractivity contribution in [3.63, 3.8) is 0 Å². The van der Waals surface area contributed by atoms with Gasteiger partial charge in [-0.3, -0.25) is 0 Å². The Morgan fingerprint density at radius 1 is 1.47 bits per heavy atom. The molecule has 5 nitrogen and oxygen atoms in total. The molecule has 1 aromatic carbocycles. The first-order valence-corrected chi connectivity index (χ1v) is 6.83. The van der Waals surface area contributed by atoms with Crippen LogP contribution in [0.1, 0.15) is 6.42 Å². The van der Waals surface area contributed by atoms with Crippen LogP contribution in [0.3, 0.4) is 0 Å². The summed E-state index contributed by atoms with van der Waals surface area (Å²) in [4.78, 5) is 0.0946. The molecule has 7 heteroatoms. The summed E-state index contributed by atoms with van der Waals surface area (Å²) in [7, 11) is -2.11. The van der Waals surface area contributed by atoms with Crippen molar-refractivity contribution in [1.29, 1.82) is 0 Å². The van der Waals surface area contributed by atoms with Crippen molar-refractivity contribution in [2.75, 3.05) is 25.9 Å². The molecule has 0 aliphatic carbocycles. The third-order valence-electron chi connectivity index (χ3n) is 2.31. The zero-order chi connectivity index (χ0) is 13.1. The summed E-state index contributed by atoms with van der Waals surface area (Å²) in [5.74, 6) is 0. The fourth-order valence-corrected chi connectivity index (χ4v) is 2.74. The van der Waals surface area contributed by atoms with Crippen LogP contribution in [0.15, 0.2) is 23.1 Å². The van der Waals surface area contributed by atoms with Crippen molar-refractivity contribution in [3.8, 4) is 0 Å². The fourth-order valence-electron chi connectivity index (χ4n) is 1.26. The number of anilines is 1. The number of nitrogens with zero attached hydrogens (tertiary/aromatic N) is 1. The Hall–Kier alpha value is -0.820. The highest BCUT2D eigenvalue weighted by molar-refractivity contribution is 7.89. The van der Waals surface area contributed by atoms with Crippen molar-refractivity contribution >= 4 is 27.3 Å². The van der Waals surface area contributed by atoms with E-state index in [2.05, 4.69) is 0 Å². The van der Waals surface area contributed by atoms with E-state index in [0.717, 1.165) is 0 Å². The summed E-state index contributed by atoms with van der Waals surface area (Å²) in [5, 5.41) is 8.88. The molecule has 0 heterocycles. The van der Waals surface area contributed by atoms with E-state index in [1.165, 1.54) is 29.6 Å². The lowest BCUT2D eigenvalue weighted by Crippen LogP contribution is -2.28. The number of nitrogens with two attached hydrogens (primary N) is 1. The number of sulfonamides is 1. The van der Waals surface area contributed by atoms with Crippen LogP contribution in [0.5, 0.6) is 0 Å². The monoisotopic (exact) mass is 278 g/mol.